The van der Waals surface area contributed by atoms with Crippen LogP contribution in [0.4, 0.5) is 0 Å². The zero-order chi connectivity index (χ0) is 12.7. The highest BCUT2D eigenvalue weighted by Gasteiger charge is 2.32. The lowest BCUT2D eigenvalue weighted by molar-refractivity contribution is 0.0584. The Balaban J connectivity index is 2.43. The molecular formula is C15H32N2. The fourth-order valence-electron chi connectivity index (χ4n) is 3.03. The van der Waals surface area contributed by atoms with E-state index in [1.54, 1.807) is 0 Å². The fraction of sp³-hybridized carbons (Fsp3) is 1.00. The molecule has 2 heteroatoms. The van der Waals surface area contributed by atoms with Crippen molar-refractivity contribution in [2.24, 2.45) is 11.7 Å². The predicted octanol–water partition coefficient (Wildman–Crippen LogP) is 3.41. The number of unbranched alkanes of at least 4 members (excludes halogenated alkanes) is 2. The zero-order valence-corrected chi connectivity index (χ0v) is 12.2. The largest absolute Gasteiger partial charge is 0.329 e. The molecule has 2 nitrogen and oxygen atoms in total. The van der Waals surface area contributed by atoms with E-state index in [4.69, 9.17) is 5.73 Å². The van der Waals surface area contributed by atoms with Gasteiger partial charge in [0.2, 0.25) is 0 Å². The van der Waals surface area contributed by atoms with Crippen LogP contribution < -0.4 is 5.73 Å². The molecule has 2 N–H and O–H groups in total. The minimum Gasteiger partial charge on any atom is -0.329 e. The fourth-order valence-corrected chi connectivity index (χ4v) is 3.03. The maximum Gasteiger partial charge on any atom is 0.0303 e. The van der Waals surface area contributed by atoms with Crippen LogP contribution in [-0.4, -0.2) is 30.1 Å². The highest BCUT2D eigenvalue weighted by atomic mass is 15.2. The van der Waals surface area contributed by atoms with Crippen LogP contribution in [0.2, 0.25) is 0 Å². The molecule has 0 saturated carbocycles. The molecule has 1 heterocycles. The van der Waals surface area contributed by atoms with Crippen molar-refractivity contribution in [2.45, 2.75) is 71.3 Å². The minimum absolute atomic E-state index is 0.258. The van der Waals surface area contributed by atoms with Gasteiger partial charge >= 0.3 is 0 Å². The molecule has 0 aromatic heterocycles. The Bertz CT molecular complexity index is 197. The second kappa shape index (κ2) is 7.38. The lowest BCUT2D eigenvalue weighted by Gasteiger charge is -2.44. The maximum absolute atomic E-state index is 6.05. The molecule has 102 valence electrons. The normalized spacial score (nSPS) is 22.6. The van der Waals surface area contributed by atoms with Gasteiger partial charge in [-0.15, -0.1) is 0 Å². The van der Waals surface area contributed by atoms with Gasteiger partial charge in [-0.05, 0) is 45.2 Å². The number of nitrogens with two attached hydrogens (primary N) is 1. The number of piperidine rings is 1. The number of rotatable bonds is 7. The van der Waals surface area contributed by atoms with E-state index in [-0.39, 0.29) is 5.54 Å². The summed E-state index contributed by atoms with van der Waals surface area (Å²) in [6, 6.07) is 0. The van der Waals surface area contributed by atoms with Gasteiger partial charge in [0.05, 0.1) is 0 Å². The van der Waals surface area contributed by atoms with Crippen molar-refractivity contribution < 1.29 is 0 Å². The van der Waals surface area contributed by atoms with Gasteiger partial charge < -0.3 is 5.73 Å². The van der Waals surface area contributed by atoms with E-state index in [9.17, 15) is 0 Å². The van der Waals surface area contributed by atoms with Gasteiger partial charge in [0, 0.05) is 12.1 Å². The van der Waals surface area contributed by atoms with Crippen molar-refractivity contribution in [1.29, 1.82) is 0 Å². The Labute approximate surface area is 108 Å². The second-order valence-corrected chi connectivity index (χ2v) is 6.00. The molecule has 0 amide bonds. The average molecular weight is 240 g/mol. The van der Waals surface area contributed by atoms with Gasteiger partial charge in [0.15, 0.2) is 0 Å². The summed E-state index contributed by atoms with van der Waals surface area (Å²) in [6.07, 6.45) is 9.36. The molecular weight excluding hydrogens is 208 g/mol. The third-order valence-electron chi connectivity index (χ3n) is 4.71. The molecule has 1 rings (SSSR count). The van der Waals surface area contributed by atoms with E-state index in [0.717, 1.165) is 12.5 Å². The Morgan fingerprint density at radius 2 is 1.82 bits per heavy atom. The van der Waals surface area contributed by atoms with Crippen LogP contribution in [0.1, 0.15) is 65.7 Å². The van der Waals surface area contributed by atoms with Crippen LogP contribution in [0, 0.1) is 5.92 Å². The van der Waals surface area contributed by atoms with Crippen LogP contribution >= 0.6 is 0 Å². The summed E-state index contributed by atoms with van der Waals surface area (Å²) in [4.78, 5) is 2.66. The van der Waals surface area contributed by atoms with Crippen LogP contribution in [0.3, 0.4) is 0 Å². The van der Waals surface area contributed by atoms with Crippen molar-refractivity contribution in [3.05, 3.63) is 0 Å². The number of hydrogen-bond donors (Lipinski definition) is 1. The third kappa shape index (κ3) is 4.26. The Morgan fingerprint density at radius 3 is 2.29 bits per heavy atom. The summed E-state index contributed by atoms with van der Waals surface area (Å²) in [5.41, 5.74) is 6.30. The SMILES string of the molecule is CCCCCC(C)(CN)N1CCC(CC)CC1. The van der Waals surface area contributed by atoms with Gasteiger partial charge in [-0.25, -0.2) is 0 Å². The van der Waals surface area contributed by atoms with Gasteiger partial charge in [-0.1, -0.05) is 39.5 Å². The lowest BCUT2D eigenvalue weighted by Crippen LogP contribution is -2.54. The summed E-state index contributed by atoms with van der Waals surface area (Å²) in [5, 5.41) is 0. The van der Waals surface area contributed by atoms with Crippen LogP contribution in [0.15, 0.2) is 0 Å². The van der Waals surface area contributed by atoms with Gasteiger partial charge in [0.1, 0.15) is 0 Å². The Kier molecular flexibility index (Phi) is 6.50. The minimum atomic E-state index is 0.258. The van der Waals surface area contributed by atoms with E-state index < -0.39 is 0 Å². The average Bonchev–Trinajstić information content (AvgIpc) is 2.39. The van der Waals surface area contributed by atoms with Crippen LogP contribution in [-0.2, 0) is 0 Å². The summed E-state index contributed by atoms with van der Waals surface area (Å²) < 4.78 is 0. The number of hydrogen-bond acceptors (Lipinski definition) is 2. The Morgan fingerprint density at radius 1 is 1.18 bits per heavy atom. The molecule has 1 fully saturated rings. The molecule has 1 atom stereocenters. The quantitative estimate of drug-likeness (QED) is 0.691. The van der Waals surface area contributed by atoms with E-state index in [0.29, 0.717) is 0 Å². The first kappa shape index (κ1) is 15.0. The van der Waals surface area contributed by atoms with Crippen molar-refractivity contribution in [1.82, 2.24) is 4.90 Å². The van der Waals surface area contributed by atoms with Gasteiger partial charge in [-0.2, -0.15) is 0 Å². The van der Waals surface area contributed by atoms with E-state index in [2.05, 4.69) is 25.7 Å². The second-order valence-electron chi connectivity index (χ2n) is 6.00. The highest BCUT2D eigenvalue weighted by Crippen LogP contribution is 2.28. The van der Waals surface area contributed by atoms with E-state index in [1.165, 1.54) is 58.0 Å². The van der Waals surface area contributed by atoms with E-state index in [1.807, 2.05) is 0 Å². The monoisotopic (exact) mass is 240 g/mol. The molecule has 1 unspecified atom stereocenters. The van der Waals surface area contributed by atoms with Crippen LogP contribution in [0.25, 0.3) is 0 Å². The molecule has 0 bridgehead atoms. The standard InChI is InChI=1S/C15H32N2/c1-4-6-7-10-15(3,13-16)17-11-8-14(5-2)9-12-17/h14H,4-13,16H2,1-3H3. The smallest absolute Gasteiger partial charge is 0.0303 e. The first-order valence-corrected chi connectivity index (χ1v) is 7.61. The van der Waals surface area contributed by atoms with Gasteiger partial charge in [0.25, 0.3) is 0 Å². The van der Waals surface area contributed by atoms with E-state index >= 15 is 0 Å². The van der Waals surface area contributed by atoms with Gasteiger partial charge in [-0.3, -0.25) is 4.90 Å². The number of likely N-dealkylation sites (tertiary alicyclic amines) is 1. The summed E-state index contributed by atoms with van der Waals surface area (Å²) in [7, 11) is 0. The molecule has 0 aliphatic carbocycles. The lowest BCUT2D eigenvalue weighted by atomic mass is 9.87. The molecule has 0 radical (unpaired) electrons. The van der Waals surface area contributed by atoms with Crippen LogP contribution in [0.5, 0.6) is 0 Å². The first-order valence-electron chi connectivity index (χ1n) is 7.61. The van der Waals surface area contributed by atoms with Crippen molar-refractivity contribution in [3.8, 4) is 0 Å². The molecule has 0 aromatic rings. The topological polar surface area (TPSA) is 29.3 Å². The zero-order valence-electron chi connectivity index (χ0n) is 12.2. The molecule has 0 aromatic carbocycles. The Hall–Kier alpha value is -0.0800. The third-order valence-corrected chi connectivity index (χ3v) is 4.71. The van der Waals surface area contributed by atoms with Crippen molar-refractivity contribution in [2.75, 3.05) is 19.6 Å². The number of nitrogens with zero attached hydrogens (tertiary/aromatic N) is 1. The molecule has 1 saturated heterocycles. The summed E-state index contributed by atoms with van der Waals surface area (Å²) >= 11 is 0. The molecule has 17 heavy (non-hydrogen) atoms. The summed E-state index contributed by atoms with van der Waals surface area (Å²) in [6.45, 7) is 10.3. The summed E-state index contributed by atoms with van der Waals surface area (Å²) in [5.74, 6) is 0.962. The maximum atomic E-state index is 6.05. The van der Waals surface area contributed by atoms with Crippen molar-refractivity contribution in [3.63, 3.8) is 0 Å². The predicted molar refractivity (Wildman–Crippen MR) is 76.2 cm³/mol. The molecule has 1 aliphatic rings. The molecule has 1 aliphatic heterocycles. The molecule has 0 spiro atoms. The van der Waals surface area contributed by atoms with Crippen molar-refractivity contribution >= 4 is 0 Å². The first-order chi connectivity index (χ1) is 8.16. The highest BCUT2D eigenvalue weighted by molar-refractivity contribution is 4.89.